The monoisotopic (exact) mass is 165 g/mol. The Morgan fingerprint density at radius 1 is 1.42 bits per heavy atom. The van der Waals surface area contributed by atoms with Crippen LogP contribution in [0.4, 0.5) is 0 Å². The zero-order valence-electron chi connectivity index (χ0n) is 7.31. The highest BCUT2D eigenvalue weighted by Crippen LogP contribution is 2.31. The van der Waals surface area contributed by atoms with Gasteiger partial charge in [-0.2, -0.15) is 0 Å². The fraction of sp³-hybridized carbons (Fsp3) is 0.800. The van der Waals surface area contributed by atoms with Gasteiger partial charge < -0.3 is 10.1 Å². The summed E-state index contributed by atoms with van der Waals surface area (Å²) in [4.78, 5) is 0. The van der Waals surface area contributed by atoms with Gasteiger partial charge in [0.05, 0.1) is 6.61 Å². The van der Waals surface area contributed by atoms with Gasteiger partial charge in [0, 0.05) is 12.1 Å². The standard InChI is InChI=1S/C10H15NO/c1-2-9-7-11-10(8-12-9)5-3-4-6-10/h1,9,11H,3-8H2. The number of ether oxygens (including phenoxy) is 1. The molecule has 2 nitrogen and oxygen atoms in total. The number of terminal acetylenes is 1. The van der Waals surface area contributed by atoms with Gasteiger partial charge >= 0.3 is 0 Å². The van der Waals surface area contributed by atoms with Crippen LogP contribution >= 0.6 is 0 Å². The van der Waals surface area contributed by atoms with Crippen LogP contribution in [0.15, 0.2) is 0 Å². The van der Waals surface area contributed by atoms with Gasteiger partial charge in [-0.05, 0) is 12.8 Å². The van der Waals surface area contributed by atoms with Crippen molar-refractivity contribution in [2.75, 3.05) is 13.2 Å². The van der Waals surface area contributed by atoms with E-state index in [-0.39, 0.29) is 11.6 Å². The smallest absolute Gasteiger partial charge is 0.130 e. The van der Waals surface area contributed by atoms with Crippen LogP contribution in [0.2, 0.25) is 0 Å². The lowest BCUT2D eigenvalue weighted by atomic mass is 9.97. The van der Waals surface area contributed by atoms with Crippen LogP contribution in [0.1, 0.15) is 25.7 Å². The summed E-state index contributed by atoms with van der Waals surface area (Å²) in [6, 6.07) is 0. The minimum Gasteiger partial charge on any atom is -0.362 e. The molecule has 2 fully saturated rings. The minimum atomic E-state index is -0.00350. The SMILES string of the molecule is C#CC1CNC2(CCCC2)CO1. The Balaban J connectivity index is 1.93. The lowest BCUT2D eigenvalue weighted by Crippen LogP contribution is -2.55. The van der Waals surface area contributed by atoms with Crippen LogP contribution in [-0.2, 0) is 4.74 Å². The summed E-state index contributed by atoms with van der Waals surface area (Å²) in [6.45, 7) is 1.64. The molecule has 66 valence electrons. The summed E-state index contributed by atoms with van der Waals surface area (Å²) in [6.07, 6.45) is 10.4. The Morgan fingerprint density at radius 2 is 2.17 bits per heavy atom. The summed E-state index contributed by atoms with van der Waals surface area (Å²) in [5, 5.41) is 3.53. The van der Waals surface area contributed by atoms with Crippen LogP contribution in [-0.4, -0.2) is 24.8 Å². The third-order valence-corrected chi connectivity index (χ3v) is 2.97. The average Bonchev–Trinajstić information content (AvgIpc) is 2.55. The topological polar surface area (TPSA) is 21.3 Å². The molecule has 0 aromatic rings. The van der Waals surface area contributed by atoms with Crippen LogP contribution in [0.3, 0.4) is 0 Å². The van der Waals surface area contributed by atoms with E-state index in [4.69, 9.17) is 11.2 Å². The van der Waals surface area contributed by atoms with Gasteiger partial charge in [-0.1, -0.05) is 18.8 Å². The second kappa shape index (κ2) is 3.08. The van der Waals surface area contributed by atoms with Gasteiger partial charge in [0.1, 0.15) is 6.10 Å². The number of hydrogen-bond acceptors (Lipinski definition) is 2. The highest BCUT2D eigenvalue weighted by Gasteiger charge is 2.37. The summed E-state index contributed by atoms with van der Waals surface area (Å²) in [7, 11) is 0. The number of hydrogen-bond donors (Lipinski definition) is 1. The van der Waals surface area contributed by atoms with Crippen molar-refractivity contribution >= 4 is 0 Å². The fourth-order valence-electron chi connectivity index (χ4n) is 2.16. The molecule has 1 N–H and O–H groups in total. The molecule has 1 atom stereocenters. The van der Waals surface area contributed by atoms with E-state index in [1.54, 1.807) is 0 Å². The second-order valence-electron chi connectivity index (χ2n) is 3.83. The molecule has 2 aliphatic rings. The molecular formula is C10H15NO. The van der Waals surface area contributed by atoms with E-state index in [2.05, 4.69) is 11.2 Å². The molecule has 0 bridgehead atoms. The first-order valence-corrected chi connectivity index (χ1v) is 4.67. The maximum absolute atomic E-state index is 5.57. The van der Waals surface area contributed by atoms with E-state index >= 15 is 0 Å². The summed E-state index contributed by atoms with van der Waals surface area (Å²) < 4.78 is 5.57. The molecular weight excluding hydrogens is 150 g/mol. The van der Waals surface area contributed by atoms with Gasteiger partial charge in [-0.3, -0.25) is 0 Å². The van der Waals surface area contributed by atoms with Crippen molar-refractivity contribution in [2.24, 2.45) is 0 Å². The van der Waals surface area contributed by atoms with Crippen LogP contribution in [0.25, 0.3) is 0 Å². The van der Waals surface area contributed by atoms with Crippen LogP contribution < -0.4 is 5.32 Å². The molecule has 0 radical (unpaired) electrons. The van der Waals surface area contributed by atoms with E-state index in [1.807, 2.05) is 0 Å². The molecule has 0 amide bonds. The molecule has 1 aliphatic carbocycles. The first kappa shape index (κ1) is 8.10. The van der Waals surface area contributed by atoms with Gasteiger partial charge in [0.25, 0.3) is 0 Å². The third-order valence-electron chi connectivity index (χ3n) is 2.97. The Morgan fingerprint density at radius 3 is 2.67 bits per heavy atom. The Hall–Kier alpha value is -0.520. The lowest BCUT2D eigenvalue weighted by molar-refractivity contribution is -0.00313. The molecule has 2 rings (SSSR count). The molecule has 1 unspecified atom stereocenters. The predicted molar refractivity (Wildman–Crippen MR) is 47.8 cm³/mol. The number of morpholine rings is 1. The highest BCUT2D eigenvalue weighted by atomic mass is 16.5. The zero-order chi connectivity index (χ0) is 8.44. The van der Waals surface area contributed by atoms with Crippen molar-refractivity contribution in [2.45, 2.75) is 37.3 Å². The van der Waals surface area contributed by atoms with Crippen molar-refractivity contribution in [1.82, 2.24) is 5.32 Å². The van der Waals surface area contributed by atoms with E-state index in [0.717, 1.165) is 13.2 Å². The van der Waals surface area contributed by atoms with Crippen molar-refractivity contribution in [1.29, 1.82) is 0 Å². The van der Waals surface area contributed by atoms with E-state index in [1.165, 1.54) is 25.7 Å². The maximum atomic E-state index is 5.57. The third kappa shape index (κ3) is 1.35. The average molecular weight is 165 g/mol. The quantitative estimate of drug-likeness (QED) is 0.539. The lowest BCUT2D eigenvalue weighted by Gasteiger charge is -2.36. The molecule has 1 aliphatic heterocycles. The molecule has 1 saturated heterocycles. The van der Waals surface area contributed by atoms with E-state index in [9.17, 15) is 0 Å². The van der Waals surface area contributed by atoms with Gasteiger partial charge in [0.2, 0.25) is 0 Å². The van der Waals surface area contributed by atoms with Gasteiger partial charge in [-0.15, -0.1) is 6.42 Å². The largest absolute Gasteiger partial charge is 0.362 e. The van der Waals surface area contributed by atoms with Crippen molar-refractivity contribution in [3.05, 3.63) is 0 Å². The molecule has 12 heavy (non-hydrogen) atoms. The molecule has 0 aromatic heterocycles. The molecule has 0 aromatic carbocycles. The Bertz CT molecular complexity index is 190. The Labute approximate surface area is 73.7 Å². The maximum Gasteiger partial charge on any atom is 0.130 e. The minimum absolute atomic E-state index is 0.00350. The van der Waals surface area contributed by atoms with E-state index in [0.29, 0.717) is 0 Å². The molecule has 1 saturated carbocycles. The molecule has 1 spiro atoms. The summed E-state index contributed by atoms with van der Waals surface area (Å²) in [5.74, 6) is 2.63. The zero-order valence-corrected chi connectivity index (χ0v) is 7.31. The fourth-order valence-corrected chi connectivity index (χ4v) is 2.16. The normalized spacial score (nSPS) is 33.4. The van der Waals surface area contributed by atoms with E-state index < -0.39 is 0 Å². The highest BCUT2D eigenvalue weighted by molar-refractivity contribution is 5.03. The van der Waals surface area contributed by atoms with Crippen LogP contribution in [0, 0.1) is 12.3 Å². The first-order chi connectivity index (χ1) is 5.85. The summed E-state index contributed by atoms with van der Waals surface area (Å²) >= 11 is 0. The number of nitrogens with one attached hydrogen (secondary N) is 1. The number of rotatable bonds is 0. The predicted octanol–water partition coefficient (Wildman–Crippen LogP) is 0.921. The summed E-state index contributed by atoms with van der Waals surface area (Å²) in [5.41, 5.74) is 0.285. The first-order valence-electron chi connectivity index (χ1n) is 4.67. The van der Waals surface area contributed by atoms with Crippen molar-refractivity contribution < 1.29 is 4.74 Å². The van der Waals surface area contributed by atoms with Crippen molar-refractivity contribution in [3.63, 3.8) is 0 Å². The van der Waals surface area contributed by atoms with Crippen LogP contribution in [0.5, 0.6) is 0 Å². The van der Waals surface area contributed by atoms with Gasteiger partial charge in [-0.25, -0.2) is 0 Å². The van der Waals surface area contributed by atoms with Crippen molar-refractivity contribution in [3.8, 4) is 12.3 Å². The Kier molecular flexibility index (Phi) is 2.08. The molecule has 1 heterocycles. The molecule has 2 heteroatoms. The second-order valence-corrected chi connectivity index (χ2v) is 3.83. The van der Waals surface area contributed by atoms with Gasteiger partial charge in [0.15, 0.2) is 0 Å².